The Balaban J connectivity index is 2.20. The number of aliphatic hydroxyl groups excluding tert-OH is 1. The summed E-state index contributed by atoms with van der Waals surface area (Å²) in [5.74, 6) is 0.185. The number of nitro benzene ring substituents is 1. The molecule has 2 atom stereocenters. The quantitative estimate of drug-likeness (QED) is 0.657. The fourth-order valence-electron chi connectivity index (χ4n) is 2.67. The lowest BCUT2D eigenvalue weighted by Crippen LogP contribution is -2.31. The third-order valence-corrected chi connectivity index (χ3v) is 4.12. The van der Waals surface area contributed by atoms with Gasteiger partial charge in [0.25, 0.3) is 5.69 Å². The van der Waals surface area contributed by atoms with Crippen molar-refractivity contribution in [1.82, 2.24) is 0 Å². The summed E-state index contributed by atoms with van der Waals surface area (Å²) >= 11 is 5.76. The third kappa shape index (κ3) is 3.05. The largest absolute Gasteiger partial charge is 0.391 e. The molecule has 6 heteroatoms. The Morgan fingerprint density at radius 2 is 2.05 bits per heavy atom. The number of rotatable bonds is 4. The van der Waals surface area contributed by atoms with Gasteiger partial charge in [0.05, 0.1) is 17.1 Å². The van der Waals surface area contributed by atoms with Gasteiger partial charge < -0.3 is 10.8 Å². The average Bonchev–Trinajstić information content (AvgIpc) is 2.91. The van der Waals surface area contributed by atoms with Crippen LogP contribution in [0.2, 0.25) is 5.02 Å². The number of nitrogens with two attached hydrogens (primary N) is 1. The SMILES string of the molecule is N[C@@H](c1ccc(Cl)c([N+](=O)[O-])c1)[C@H](O)C1CCCC1. The Labute approximate surface area is 116 Å². The molecule has 1 aromatic carbocycles. The van der Waals surface area contributed by atoms with Crippen molar-refractivity contribution >= 4 is 17.3 Å². The maximum absolute atomic E-state index is 10.8. The van der Waals surface area contributed by atoms with Crippen molar-refractivity contribution < 1.29 is 10.0 Å². The summed E-state index contributed by atoms with van der Waals surface area (Å²) in [4.78, 5) is 10.3. The summed E-state index contributed by atoms with van der Waals surface area (Å²) in [5.41, 5.74) is 6.40. The number of nitrogens with zero attached hydrogens (tertiary/aromatic N) is 1. The highest BCUT2D eigenvalue weighted by molar-refractivity contribution is 6.32. The van der Waals surface area contributed by atoms with Crippen molar-refractivity contribution in [2.45, 2.75) is 37.8 Å². The molecule has 0 unspecified atom stereocenters. The van der Waals surface area contributed by atoms with Crippen LogP contribution in [-0.4, -0.2) is 16.1 Å². The predicted octanol–water partition coefficient (Wildman–Crippen LogP) is 2.80. The van der Waals surface area contributed by atoms with Crippen molar-refractivity contribution in [2.75, 3.05) is 0 Å². The summed E-state index contributed by atoms with van der Waals surface area (Å²) in [5, 5.41) is 21.2. The topological polar surface area (TPSA) is 89.4 Å². The van der Waals surface area contributed by atoms with Gasteiger partial charge in [-0.05, 0) is 30.4 Å². The lowest BCUT2D eigenvalue weighted by atomic mass is 9.91. The van der Waals surface area contributed by atoms with Gasteiger partial charge in [-0.15, -0.1) is 0 Å². The molecule has 19 heavy (non-hydrogen) atoms. The second-order valence-corrected chi connectivity index (χ2v) is 5.44. The van der Waals surface area contributed by atoms with Crippen molar-refractivity contribution in [3.63, 3.8) is 0 Å². The van der Waals surface area contributed by atoms with E-state index in [1.807, 2.05) is 0 Å². The highest BCUT2D eigenvalue weighted by Crippen LogP contribution is 2.34. The lowest BCUT2D eigenvalue weighted by Gasteiger charge is -2.24. The van der Waals surface area contributed by atoms with E-state index in [1.54, 1.807) is 6.07 Å². The van der Waals surface area contributed by atoms with Gasteiger partial charge in [-0.2, -0.15) is 0 Å². The first-order valence-corrected chi connectivity index (χ1v) is 6.76. The van der Waals surface area contributed by atoms with Crippen LogP contribution < -0.4 is 5.73 Å². The Kier molecular flexibility index (Phi) is 4.39. The fourth-order valence-corrected chi connectivity index (χ4v) is 2.85. The van der Waals surface area contributed by atoms with Crippen LogP contribution in [0.1, 0.15) is 37.3 Å². The van der Waals surface area contributed by atoms with Crippen LogP contribution in [0.4, 0.5) is 5.69 Å². The summed E-state index contributed by atoms with van der Waals surface area (Å²) in [6.45, 7) is 0. The molecular formula is C13H17ClN2O3. The van der Waals surface area contributed by atoms with E-state index in [2.05, 4.69) is 0 Å². The molecule has 5 nitrogen and oxygen atoms in total. The molecule has 0 radical (unpaired) electrons. The number of hydrogen-bond donors (Lipinski definition) is 2. The molecule has 3 N–H and O–H groups in total. The normalized spacial score (nSPS) is 19.3. The highest BCUT2D eigenvalue weighted by Gasteiger charge is 2.29. The van der Waals surface area contributed by atoms with Crippen LogP contribution in [0.3, 0.4) is 0 Å². The Morgan fingerprint density at radius 1 is 1.42 bits per heavy atom. The second-order valence-electron chi connectivity index (χ2n) is 5.03. The van der Waals surface area contributed by atoms with Crippen LogP contribution >= 0.6 is 11.6 Å². The summed E-state index contributed by atoms with van der Waals surface area (Å²) < 4.78 is 0. The van der Waals surface area contributed by atoms with Crippen molar-refractivity contribution in [3.05, 3.63) is 38.9 Å². The van der Waals surface area contributed by atoms with Crippen LogP contribution in [0, 0.1) is 16.0 Å². The van der Waals surface area contributed by atoms with E-state index in [0.29, 0.717) is 5.56 Å². The number of halogens is 1. The van der Waals surface area contributed by atoms with Gasteiger partial charge in [-0.1, -0.05) is 30.5 Å². The highest BCUT2D eigenvalue weighted by atomic mass is 35.5. The lowest BCUT2D eigenvalue weighted by molar-refractivity contribution is -0.384. The molecule has 1 saturated carbocycles. The van der Waals surface area contributed by atoms with Gasteiger partial charge in [-0.25, -0.2) is 0 Å². The molecule has 0 amide bonds. The molecule has 104 valence electrons. The second kappa shape index (κ2) is 5.86. The van der Waals surface area contributed by atoms with E-state index < -0.39 is 17.1 Å². The summed E-state index contributed by atoms with van der Waals surface area (Å²) in [6, 6.07) is 3.83. The molecule has 1 aliphatic rings. The molecule has 1 aromatic rings. The van der Waals surface area contributed by atoms with Crippen LogP contribution in [0.5, 0.6) is 0 Å². The minimum Gasteiger partial charge on any atom is -0.391 e. The maximum atomic E-state index is 10.8. The molecule has 0 aliphatic heterocycles. The van der Waals surface area contributed by atoms with E-state index in [0.717, 1.165) is 25.7 Å². The number of benzene rings is 1. The van der Waals surface area contributed by atoms with E-state index in [4.69, 9.17) is 17.3 Å². The van der Waals surface area contributed by atoms with Crippen LogP contribution in [0.25, 0.3) is 0 Å². The zero-order valence-corrected chi connectivity index (χ0v) is 11.2. The zero-order chi connectivity index (χ0) is 14.0. The number of nitro groups is 1. The first kappa shape index (κ1) is 14.2. The van der Waals surface area contributed by atoms with Crippen molar-refractivity contribution in [1.29, 1.82) is 0 Å². The zero-order valence-electron chi connectivity index (χ0n) is 10.5. The van der Waals surface area contributed by atoms with E-state index in [-0.39, 0.29) is 16.6 Å². The van der Waals surface area contributed by atoms with Crippen molar-refractivity contribution in [3.8, 4) is 0 Å². The van der Waals surface area contributed by atoms with Gasteiger partial charge in [0.1, 0.15) is 5.02 Å². The molecule has 0 aromatic heterocycles. The molecule has 0 heterocycles. The van der Waals surface area contributed by atoms with Crippen molar-refractivity contribution in [2.24, 2.45) is 11.7 Å². The fraction of sp³-hybridized carbons (Fsp3) is 0.538. The Morgan fingerprint density at radius 3 is 2.63 bits per heavy atom. The van der Waals surface area contributed by atoms with E-state index in [1.165, 1.54) is 12.1 Å². The average molecular weight is 285 g/mol. The molecule has 0 saturated heterocycles. The maximum Gasteiger partial charge on any atom is 0.288 e. The molecule has 1 aliphatic carbocycles. The first-order chi connectivity index (χ1) is 9.00. The Bertz CT molecular complexity index is 475. The molecule has 0 spiro atoms. The molecule has 0 bridgehead atoms. The van der Waals surface area contributed by atoms with E-state index in [9.17, 15) is 15.2 Å². The van der Waals surface area contributed by atoms with Crippen LogP contribution in [0.15, 0.2) is 18.2 Å². The minimum absolute atomic E-state index is 0.0799. The third-order valence-electron chi connectivity index (χ3n) is 3.80. The number of hydrogen-bond acceptors (Lipinski definition) is 4. The Hall–Kier alpha value is -1.17. The first-order valence-electron chi connectivity index (χ1n) is 6.38. The molecule has 1 fully saturated rings. The minimum atomic E-state index is -0.664. The monoisotopic (exact) mass is 284 g/mol. The summed E-state index contributed by atoms with van der Waals surface area (Å²) in [6.07, 6.45) is 3.47. The smallest absolute Gasteiger partial charge is 0.288 e. The van der Waals surface area contributed by atoms with Crippen LogP contribution in [-0.2, 0) is 0 Å². The summed E-state index contributed by atoms with van der Waals surface area (Å²) in [7, 11) is 0. The van der Waals surface area contributed by atoms with Gasteiger partial charge in [0.2, 0.25) is 0 Å². The van der Waals surface area contributed by atoms with Gasteiger partial charge >= 0.3 is 0 Å². The van der Waals surface area contributed by atoms with Gasteiger partial charge in [0, 0.05) is 6.07 Å². The number of aliphatic hydroxyl groups is 1. The predicted molar refractivity (Wildman–Crippen MR) is 73.0 cm³/mol. The standard InChI is InChI=1S/C13H17ClN2O3/c14-10-6-5-9(7-11(10)16(18)19)12(15)13(17)8-3-1-2-4-8/h5-8,12-13,17H,1-4,15H2/t12-,13+/m0/s1. The van der Waals surface area contributed by atoms with E-state index >= 15 is 0 Å². The van der Waals surface area contributed by atoms with Gasteiger partial charge in [-0.3, -0.25) is 10.1 Å². The van der Waals surface area contributed by atoms with Gasteiger partial charge in [0.15, 0.2) is 0 Å². The molecular weight excluding hydrogens is 268 g/mol. The molecule has 2 rings (SSSR count).